The summed E-state index contributed by atoms with van der Waals surface area (Å²) in [5, 5.41) is 13.9. The molecule has 1 N–H and O–H groups in total. The van der Waals surface area contributed by atoms with Crippen molar-refractivity contribution >= 4 is 174 Å². The van der Waals surface area contributed by atoms with Gasteiger partial charge in [-0.15, -0.1) is 0 Å². The van der Waals surface area contributed by atoms with Crippen molar-refractivity contribution in [2.75, 3.05) is 26.9 Å². The number of nitrogens with zero attached hydrogens (tertiary/aromatic N) is 10. The SMILES string of the molecule is C.C.C.C=[C](OCC)[Sn]([CH2]CCC)([CH2]CCC)[CH2]CCC.CCOC(=O)c1cnc2sc(C)nc2c1C(C)=O.CCOC(=O)c1cnc2sc(C)nc2c1Cl.COC(=O)c1cnc2sc(C)nc2c1C(C)C.Cc1nc2c(C(C)C)c(C(=O)O)cnc2s1.Cc1nc2c3c(cnc2s1)C(=O)OC3C. The molecular weight excluding hydrogens is 1540 g/mol. The van der Waals surface area contributed by atoms with Crippen LogP contribution in [0.1, 0.15) is 266 Å². The smallest absolute Gasteiger partial charge is 0.341 e. The first-order chi connectivity index (χ1) is 47.5. The number of methoxy groups -OCH3 is 1. The molecule has 10 aromatic heterocycles. The molecule has 10 aromatic rings. The number of ether oxygens (including phenoxy) is 5. The second kappa shape index (κ2) is 42.1. The zero-order valence-electron chi connectivity index (χ0n) is 60.1. The van der Waals surface area contributed by atoms with Gasteiger partial charge in [0.05, 0.1) is 83.8 Å². The van der Waals surface area contributed by atoms with E-state index in [0.717, 1.165) is 84.2 Å². The van der Waals surface area contributed by atoms with Crippen LogP contribution < -0.4 is 0 Å². The van der Waals surface area contributed by atoms with E-state index in [0.29, 0.717) is 44.2 Å². The monoisotopic (exact) mass is 1640 g/mol. The molecule has 1 unspecified atom stereocenters. The molecule has 103 heavy (non-hydrogen) atoms. The van der Waals surface area contributed by atoms with Crippen LogP contribution in [0.5, 0.6) is 0 Å². The standard InChI is InChI=1S/C12H12N2O3S.C12H14N2O2S.C11H12N2O2S.C10H9ClN2O2S.C10H8N2O2S.C4H7O.3C4H9.3CH4.Sn/c1-4-17-12(16)8-5-13-11-10(9(8)6(2)15)14-7(3)18-11;1-6(2)9-8(12(15)16-4)5-13-11-10(9)14-7(3)17-11;1-5(2)8-7(11(14)15)4-12-10-9(8)13-6(3)16-10;1-3-15-10(14)6-4-12-9-8(7(6)11)13-5(2)16-9;1-4-7-6(10(13)14-4)3-11-9-8(7)12-5(2)15-9;1-3-5-4-2;3*1-3-4-2;;;;/h5H,4H2,1-3H3;5-6H,1-4H3;4-5H,1-3H3,(H,14,15);4H,3H2,1-2H3;3-4H,1-2H3;1,4H2,2H3;3*1,3-4H2,2H3;3*1H4;. The molecule has 0 amide bonds. The molecule has 0 radical (unpaired) electrons. The van der Waals surface area contributed by atoms with E-state index in [4.69, 9.17) is 40.4 Å². The molecule has 0 fully saturated rings. The number of thiazole rings is 5. The number of carboxylic acids is 1. The fourth-order valence-electron chi connectivity index (χ4n) is 11.1. The topological polar surface area (TPSA) is 298 Å². The Balaban J connectivity index is 0.000000319. The Morgan fingerprint density at radius 2 is 0.903 bits per heavy atom. The molecule has 0 saturated carbocycles. The van der Waals surface area contributed by atoms with Crippen LogP contribution in [0.15, 0.2) is 41.3 Å². The number of aromatic nitrogens is 10. The number of aromatic carboxylic acids is 1. The maximum Gasteiger partial charge on any atom is 0.341 e. The first-order valence-electron chi connectivity index (χ1n) is 33.2. The Morgan fingerprint density at radius 3 is 1.32 bits per heavy atom. The van der Waals surface area contributed by atoms with Gasteiger partial charge in [0.1, 0.15) is 57.8 Å². The minimum absolute atomic E-state index is 0. The average Bonchev–Trinajstić information content (AvgIpc) is 1.66. The van der Waals surface area contributed by atoms with Gasteiger partial charge >= 0.3 is 149 Å². The van der Waals surface area contributed by atoms with E-state index < -0.39 is 36.3 Å². The Kier molecular flexibility index (Phi) is 36.8. The van der Waals surface area contributed by atoms with Gasteiger partial charge in [-0.05, 0) is 85.3 Å². The van der Waals surface area contributed by atoms with E-state index in [-0.39, 0.29) is 81.2 Å². The first-order valence-corrected chi connectivity index (χ1v) is 45.1. The molecule has 0 aliphatic carbocycles. The zero-order chi connectivity index (χ0) is 73.9. The van der Waals surface area contributed by atoms with Crippen LogP contribution in [-0.2, 0) is 23.7 Å². The summed E-state index contributed by atoms with van der Waals surface area (Å²) >= 11 is 11.2. The quantitative estimate of drug-likeness (QED) is 0.0230. The van der Waals surface area contributed by atoms with E-state index >= 15 is 0 Å². The molecule has 1 aliphatic heterocycles. The van der Waals surface area contributed by atoms with Crippen LogP contribution >= 0.6 is 68.3 Å². The largest absolute Gasteiger partial charge is 0.478 e. The first kappa shape index (κ1) is 90.1. The van der Waals surface area contributed by atoms with Gasteiger partial charge < -0.3 is 24.1 Å². The number of hydrogen-bond acceptors (Lipinski definition) is 26. The van der Waals surface area contributed by atoms with Gasteiger partial charge in [0, 0.05) is 36.5 Å². The Labute approximate surface area is 634 Å². The zero-order valence-corrected chi connectivity index (χ0v) is 67.8. The van der Waals surface area contributed by atoms with Crippen LogP contribution in [-0.4, -0.2) is 136 Å². The van der Waals surface area contributed by atoms with Crippen molar-refractivity contribution in [3.63, 3.8) is 0 Å². The van der Waals surface area contributed by atoms with Gasteiger partial charge in [-0.2, -0.15) is 0 Å². The third-order valence-electron chi connectivity index (χ3n) is 15.7. The fourth-order valence-corrected chi connectivity index (χ4v) is 29.9. The van der Waals surface area contributed by atoms with Crippen molar-refractivity contribution in [2.45, 2.75) is 210 Å². The van der Waals surface area contributed by atoms with Gasteiger partial charge in [-0.1, -0.05) is 118 Å². The summed E-state index contributed by atoms with van der Waals surface area (Å²) in [5.41, 5.74) is 8.07. The number of pyridine rings is 5. The number of cyclic esters (lactones) is 1. The molecule has 1 aliphatic rings. The number of fused-ring (bicyclic) bond motifs is 7. The molecule has 560 valence electrons. The Bertz CT molecular complexity index is 4540. The number of unbranched alkanes of at least 4 members (excludes halogenated alkanes) is 3. The number of aryl methyl sites for hydroxylation is 5. The van der Waals surface area contributed by atoms with Crippen molar-refractivity contribution in [1.29, 1.82) is 0 Å². The predicted molar refractivity (Wildman–Crippen MR) is 424 cm³/mol. The summed E-state index contributed by atoms with van der Waals surface area (Å²) < 4.78 is 31.3. The molecule has 0 saturated heterocycles. The second-order valence-electron chi connectivity index (χ2n) is 23.8. The van der Waals surface area contributed by atoms with Crippen molar-refractivity contribution in [1.82, 2.24) is 49.8 Å². The van der Waals surface area contributed by atoms with E-state index in [1.54, 1.807) is 26.2 Å². The van der Waals surface area contributed by atoms with Crippen molar-refractivity contribution in [3.8, 4) is 0 Å². The minimum atomic E-state index is -2.24. The number of halogens is 1. The number of carboxylic acid groups (broad SMARTS) is 1. The number of Topliss-reactive ketones (excluding diaryl/α,β-unsaturated/α-hetero) is 1. The Morgan fingerprint density at radius 1 is 0.544 bits per heavy atom. The molecule has 0 bridgehead atoms. The summed E-state index contributed by atoms with van der Waals surface area (Å²) in [6.07, 6.45) is 15.3. The summed E-state index contributed by atoms with van der Waals surface area (Å²) in [6, 6.07) is 0. The number of carbonyl (C=O) groups excluding carboxylic acids is 5. The number of rotatable bonds is 21. The van der Waals surface area contributed by atoms with Gasteiger partial charge in [-0.3, -0.25) is 4.79 Å². The predicted octanol–water partition coefficient (Wildman–Crippen LogP) is 21.0. The van der Waals surface area contributed by atoms with Gasteiger partial charge in [0.15, 0.2) is 5.78 Å². The van der Waals surface area contributed by atoms with Crippen LogP contribution in [0.25, 0.3) is 51.7 Å². The summed E-state index contributed by atoms with van der Waals surface area (Å²) in [7, 11) is 1.38. The summed E-state index contributed by atoms with van der Waals surface area (Å²) in [5.74, 6) is -2.48. The number of hydrogen-bond donors (Lipinski definition) is 1. The number of esters is 4. The van der Waals surface area contributed by atoms with Gasteiger partial charge in [0.2, 0.25) is 0 Å². The fraction of sp³-hybridized carbons (Fsp3) is 0.486. The van der Waals surface area contributed by atoms with E-state index in [1.165, 1.54) is 145 Å². The van der Waals surface area contributed by atoms with Gasteiger partial charge in [-0.25, -0.2) is 73.8 Å². The molecule has 11 rings (SSSR count). The minimum Gasteiger partial charge on any atom is -0.478 e. The molecule has 0 spiro atoms. The molecular formula is C74H101ClN10O12S5Sn. The molecule has 0 aromatic carbocycles. The van der Waals surface area contributed by atoms with E-state index in [2.05, 4.69) is 84.1 Å². The normalized spacial score (nSPS) is 11.9. The third kappa shape index (κ3) is 22.7. The summed E-state index contributed by atoms with van der Waals surface area (Å²) in [4.78, 5) is 116. The van der Waals surface area contributed by atoms with Crippen molar-refractivity contribution in [2.24, 2.45) is 0 Å². The van der Waals surface area contributed by atoms with Crippen molar-refractivity contribution in [3.05, 3.63) is 121 Å². The second-order valence-corrected chi connectivity index (χ2v) is 43.3. The Hall–Kier alpha value is -7.15. The van der Waals surface area contributed by atoms with Crippen LogP contribution in [0.4, 0.5) is 0 Å². The number of carbonyl (C=O) groups is 6. The summed E-state index contributed by atoms with van der Waals surface area (Å²) in [6.45, 7) is 38.9. The van der Waals surface area contributed by atoms with Crippen LogP contribution in [0.2, 0.25) is 18.3 Å². The molecule has 11 heterocycles. The maximum absolute atomic E-state index is 11.8. The third-order valence-corrected chi connectivity index (χ3v) is 35.5. The average molecular weight is 1640 g/mol. The molecule has 22 nitrogen and oxygen atoms in total. The molecule has 29 heteroatoms. The molecule has 1 atom stereocenters. The van der Waals surface area contributed by atoms with Crippen molar-refractivity contribution < 1.29 is 57.6 Å². The van der Waals surface area contributed by atoms with Crippen LogP contribution in [0.3, 0.4) is 0 Å². The van der Waals surface area contributed by atoms with E-state index in [1.807, 2.05) is 69.2 Å². The van der Waals surface area contributed by atoms with Crippen LogP contribution in [0, 0.1) is 34.6 Å². The van der Waals surface area contributed by atoms with E-state index in [9.17, 15) is 28.8 Å². The number of ketones is 1. The maximum atomic E-state index is 11.8. The van der Waals surface area contributed by atoms with Gasteiger partial charge in [0.25, 0.3) is 0 Å².